The van der Waals surface area contributed by atoms with Gasteiger partial charge in [-0.1, -0.05) is 13.3 Å². The van der Waals surface area contributed by atoms with Crippen LogP contribution in [0.2, 0.25) is 0 Å². The zero-order valence-corrected chi connectivity index (χ0v) is 11.3. The standard InChI is InChI=1S/C13H23NO3/c1-5-10-8-11(15)14(9-10)7-6-12(16)17-13(2,3)4/h10H,5-9H2,1-4H3. The first kappa shape index (κ1) is 14.0. The Labute approximate surface area is 103 Å². The van der Waals surface area contributed by atoms with Crippen molar-refractivity contribution < 1.29 is 14.3 Å². The van der Waals surface area contributed by atoms with Crippen LogP contribution in [-0.4, -0.2) is 35.5 Å². The second kappa shape index (κ2) is 5.52. The molecule has 0 aromatic heterocycles. The van der Waals surface area contributed by atoms with E-state index in [1.807, 2.05) is 20.8 Å². The lowest BCUT2D eigenvalue weighted by Gasteiger charge is -2.21. The fraction of sp³-hybridized carbons (Fsp3) is 0.846. The Balaban J connectivity index is 2.32. The van der Waals surface area contributed by atoms with Gasteiger partial charge in [-0.2, -0.15) is 0 Å². The summed E-state index contributed by atoms with van der Waals surface area (Å²) in [7, 11) is 0. The number of likely N-dealkylation sites (tertiary alicyclic amines) is 1. The molecule has 4 nitrogen and oxygen atoms in total. The van der Waals surface area contributed by atoms with Crippen molar-refractivity contribution in [3.05, 3.63) is 0 Å². The Hall–Kier alpha value is -1.06. The third-order valence-electron chi connectivity index (χ3n) is 2.88. The summed E-state index contributed by atoms with van der Waals surface area (Å²) in [5.74, 6) is 0.395. The number of amides is 1. The minimum absolute atomic E-state index is 0.167. The molecule has 1 heterocycles. The third kappa shape index (κ3) is 4.75. The Kier molecular flexibility index (Phi) is 4.54. The zero-order chi connectivity index (χ0) is 13.1. The van der Waals surface area contributed by atoms with Crippen molar-refractivity contribution in [1.29, 1.82) is 0 Å². The van der Waals surface area contributed by atoms with Gasteiger partial charge in [0.1, 0.15) is 5.60 Å². The summed E-state index contributed by atoms with van der Waals surface area (Å²) in [6.07, 6.45) is 1.94. The summed E-state index contributed by atoms with van der Waals surface area (Å²) < 4.78 is 5.21. The number of hydrogen-bond acceptors (Lipinski definition) is 3. The van der Waals surface area contributed by atoms with Gasteiger partial charge in [0.25, 0.3) is 0 Å². The molecule has 0 radical (unpaired) electrons. The van der Waals surface area contributed by atoms with Crippen molar-refractivity contribution in [2.75, 3.05) is 13.1 Å². The molecule has 0 aliphatic carbocycles. The first-order valence-electron chi connectivity index (χ1n) is 6.31. The average molecular weight is 241 g/mol. The molecule has 1 aliphatic rings. The minimum Gasteiger partial charge on any atom is -0.460 e. The molecule has 1 atom stereocenters. The highest BCUT2D eigenvalue weighted by Gasteiger charge is 2.28. The van der Waals surface area contributed by atoms with Crippen LogP contribution in [-0.2, 0) is 14.3 Å². The Morgan fingerprint density at radius 3 is 2.59 bits per heavy atom. The first-order chi connectivity index (χ1) is 7.81. The lowest BCUT2D eigenvalue weighted by atomic mass is 10.1. The highest BCUT2D eigenvalue weighted by atomic mass is 16.6. The topological polar surface area (TPSA) is 46.6 Å². The number of esters is 1. The molecule has 1 fully saturated rings. The number of ether oxygens (including phenoxy) is 1. The van der Waals surface area contributed by atoms with Crippen LogP contribution >= 0.6 is 0 Å². The summed E-state index contributed by atoms with van der Waals surface area (Å²) in [6, 6.07) is 0. The van der Waals surface area contributed by atoms with Crippen molar-refractivity contribution in [2.24, 2.45) is 5.92 Å². The van der Waals surface area contributed by atoms with Gasteiger partial charge in [0, 0.05) is 19.5 Å². The molecule has 0 saturated carbocycles. The highest BCUT2D eigenvalue weighted by Crippen LogP contribution is 2.20. The van der Waals surface area contributed by atoms with Gasteiger partial charge in [0.05, 0.1) is 6.42 Å². The quantitative estimate of drug-likeness (QED) is 0.707. The van der Waals surface area contributed by atoms with Crippen molar-refractivity contribution >= 4 is 11.9 Å². The van der Waals surface area contributed by atoms with Gasteiger partial charge in [0.2, 0.25) is 5.91 Å². The zero-order valence-electron chi connectivity index (χ0n) is 11.3. The summed E-state index contributed by atoms with van der Waals surface area (Å²) in [6.45, 7) is 8.91. The Bertz CT molecular complexity index is 294. The van der Waals surface area contributed by atoms with E-state index in [-0.39, 0.29) is 11.9 Å². The minimum atomic E-state index is -0.446. The molecule has 0 aromatic rings. The molecule has 4 heteroatoms. The summed E-state index contributed by atoms with van der Waals surface area (Å²) in [5.41, 5.74) is -0.446. The largest absolute Gasteiger partial charge is 0.460 e. The van der Waals surface area contributed by atoms with Crippen molar-refractivity contribution in [1.82, 2.24) is 4.90 Å². The van der Waals surface area contributed by atoms with E-state index >= 15 is 0 Å². The first-order valence-corrected chi connectivity index (χ1v) is 6.31. The monoisotopic (exact) mass is 241 g/mol. The van der Waals surface area contributed by atoms with Gasteiger partial charge in [-0.25, -0.2) is 0 Å². The van der Waals surface area contributed by atoms with Crippen molar-refractivity contribution in [3.8, 4) is 0 Å². The van der Waals surface area contributed by atoms with E-state index in [4.69, 9.17) is 4.74 Å². The van der Waals surface area contributed by atoms with Crippen LogP contribution in [0.25, 0.3) is 0 Å². The number of hydrogen-bond donors (Lipinski definition) is 0. The van der Waals surface area contributed by atoms with E-state index in [9.17, 15) is 9.59 Å². The van der Waals surface area contributed by atoms with E-state index < -0.39 is 5.60 Å². The molecule has 1 saturated heterocycles. The van der Waals surface area contributed by atoms with E-state index in [1.54, 1.807) is 4.90 Å². The number of rotatable bonds is 4. The SMILES string of the molecule is CCC1CC(=O)N(CCC(=O)OC(C)(C)C)C1. The molecular weight excluding hydrogens is 218 g/mol. The molecule has 0 aromatic carbocycles. The number of carbonyl (C=O) groups is 2. The maximum Gasteiger partial charge on any atom is 0.308 e. The number of nitrogens with zero attached hydrogens (tertiary/aromatic N) is 1. The lowest BCUT2D eigenvalue weighted by molar-refractivity contribution is -0.155. The fourth-order valence-corrected chi connectivity index (χ4v) is 1.96. The summed E-state index contributed by atoms with van der Waals surface area (Å²) in [5, 5.41) is 0. The van der Waals surface area contributed by atoms with Gasteiger partial charge < -0.3 is 9.64 Å². The van der Waals surface area contributed by atoms with E-state index in [1.165, 1.54) is 0 Å². The second-order valence-corrected chi connectivity index (χ2v) is 5.65. The molecule has 1 unspecified atom stereocenters. The molecule has 1 amide bonds. The van der Waals surface area contributed by atoms with Crippen molar-refractivity contribution in [3.63, 3.8) is 0 Å². The van der Waals surface area contributed by atoms with Crippen LogP contribution in [0.5, 0.6) is 0 Å². The van der Waals surface area contributed by atoms with E-state index in [0.717, 1.165) is 13.0 Å². The summed E-state index contributed by atoms with van der Waals surface area (Å²) >= 11 is 0. The van der Waals surface area contributed by atoms with Crippen LogP contribution in [0.15, 0.2) is 0 Å². The smallest absolute Gasteiger partial charge is 0.308 e. The number of carbonyl (C=O) groups excluding carboxylic acids is 2. The average Bonchev–Trinajstić information content (AvgIpc) is 2.54. The molecule has 0 N–H and O–H groups in total. The van der Waals surface area contributed by atoms with Crippen LogP contribution in [0.1, 0.15) is 47.0 Å². The highest BCUT2D eigenvalue weighted by molar-refractivity contribution is 5.79. The summed E-state index contributed by atoms with van der Waals surface area (Å²) in [4.78, 5) is 24.9. The molecule has 0 bridgehead atoms. The van der Waals surface area contributed by atoms with Gasteiger partial charge >= 0.3 is 5.97 Å². The maximum absolute atomic E-state index is 11.6. The van der Waals surface area contributed by atoms with Crippen LogP contribution in [0.3, 0.4) is 0 Å². The van der Waals surface area contributed by atoms with Gasteiger partial charge in [-0.05, 0) is 26.7 Å². The lowest BCUT2D eigenvalue weighted by Crippen LogP contribution is -2.30. The van der Waals surface area contributed by atoms with Crippen LogP contribution in [0.4, 0.5) is 0 Å². The predicted octanol–water partition coefficient (Wildman–Crippen LogP) is 1.98. The fourth-order valence-electron chi connectivity index (χ4n) is 1.96. The third-order valence-corrected chi connectivity index (χ3v) is 2.88. The normalized spacial score (nSPS) is 20.8. The molecule has 1 rings (SSSR count). The van der Waals surface area contributed by atoms with Gasteiger partial charge in [-0.3, -0.25) is 9.59 Å². The molecule has 98 valence electrons. The van der Waals surface area contributed by atoms with Gasteiger partial charge in [-0.15, -0.1) is 0 Å². The van der Waals surface area contributed by atoms with E-state index in [0.29, 0.717) is 25.3 Å². The van der Waals surface area contributed by atoms with E-state index in [2.05, 4.69) is 6.92 Å². The molecular formula is C13H23NO3. The molecule has 1 aliphatic heterocycles. The predicted molar refractivity (Wildman–Crippen MR) is 65.4 cm³/mol. The Morgan fingerprint density at radius 1 is 1.47 bits per heavy atom. The van der Waals surface area contributed by atoms with Crippen LogP contribution in [0, 0.1) is 5.92 Å². The Morgan fingerprint density at radius 2 is 2.12 bits per heavy atom. The maximum atomic E-state index is 11.6. The molecule has 17 heavy (non-hydrogen) atoms. The molecule has 0 spiro atoms. The van der Waals surface area contributed by atoms with Crippen molar-refractivity contribution in [2.45, 2.75) is 52.6 Å². The second-order valence-electron chi connectivity index (χ2n) is 5.65. The van der Waals surface area contributed by atoms with Gasteiger partial charge in [0.15, 0.2) is 0 Å². The van der Waals surface area contributed by atoms with Crippen LogP contribution < -0.4 is 0 Å².